The van der Waals surface area contributed by atoms with Crippen LogP contribution in [0.2, 0.25) is 0 Å². The van der Waals surface area contributed by atoms with E-state index in [0.717, 1.165) is 22.5 Å². The highest BCUT2D eigenvalue weighted by Crippen LogP contribution is 2.19. The van der Waals surface area contributed by atoms with Crippen LogP contribution in [0.4, 0.5) is 0 Å². The fourth-order valence-corrected chi connectivity index (χ4v) is 2.89. The van der Waals surface area contributed by atoms with Crippen molar-refractivity contribution < 1.29 is 0 Å². The summed E-state index contributed by atoms with van der Waals surface area (Å²) in [5.41, 5.74) is 6.27. The lowest BCUT2D eigenvalue weighted by Gasteiger charge is -2.03. The molecule has 0 unspecified atom stereocenters. The van der Waals surface area contributed by atoms with Crippen molar-refractivity contribution in [2.45, 2.75) is 0 Å². The first kappa shape index (κ1) is 17.6. The van der Waals surface area contributed by atoms with Gasteiger partial charge in [0.15, 0.2) is 0 Å². The van der Waals surface area contributed by atoms with Crippen LogP contribution < -0.4 is 0 Å². The molecule has 28 heavy (non-hydrogen) atoms. The van der Waals surface area contributed by atoms with Gasteiger partial charge in [-0.25, -0.2) is 0 Å². The first-order chi connectivity index (χ1) is 13.9. The maximum Gasteiger partial charge on any atom is 0.0892 e. The molecule has 0 atom stereocenters. The number of hydrogen-bond donors (Lipinski definition) is 0. The minimum absolute atomic E-state index is 0.866. The molecule has 2 aromatic carbocycles. The fourth-order valence-electron chi connectivity index (χ4n) is 2.89. The fraction of sp³-hybridized carbons (Fsp3) is 0. The Morgan fingerprint density at radius 2 is 0.821 bits per heavy atom. The molecule has 0 bridgehead atoms. The Morgan fingerprint density at radius 3 is 1.25 bits per heavy atom. The molecular weight excluding hydrogens is 340 g/mol. The zero-order valence-electron chi connectivity index (χ0n) is 15.4. The largest absolute Gasteiger partial charge is 0.255 e. The van der Waals surface area contributed by atoms with Gasteiger partial charge in [0.1, 0.15) is 0 Å². The molecule has 4 aromatic rings. The van der Waals surface area contributed by atoms with E-state index in [9.17, 15) is 0 Å². The monoisotopic (exact) mass is 360 g/mol. The van der Waals surface area contributed by atoms with Crippen LogP contribution in [0.25, 0.3) is 35.7 Å². The van der Waals surface area contributed by atoms with Gasteiger partial charge in [0, 0.05) is 12.4 Å². The van der Waals surface area contributed by atoms with Gasteiger partial charge >= 0.3 is 0 Å². The van der Waals surface area contributed by atoms with Crippen LogP contribution in [0, 0.1) is 0 Å². The van der Waals surface area contributed by atoms with Crippen LogP contribution in [0.5, 0.6) is 0 Å². The number of hydrogen-bond acceptors (Lipinski definition) is 2. The van der Waals surface area contributed by atoms with E-state index in [1.54, 1.807) is 0 Å². The molecule has 0 radical (unpaired) electrons. The van der Waals surface area contributed by atoms with Gasteiger partial charge in [-0.1, -0.05) is 85.0 Å². The lowest BCUT2D eigenvalue weighted by atomic mass is 10.1. The molecule has 0 aliphatic heterocycles. The quantitative estimate of drug-likeness (QED) is 0.407. The van der Waals surface area contributed by atoms with Crippen molar-refractivity contribution in [3.05, 3.63) is 120 Å². The van der Waals surface area contributed by atoms with Gasteiger partial charge in [-0.3, -0.25) is 9.97 Å². The van der Waals surface area contributed by atoms with Crippen LogP contribution >= 0.6 is 0 Å². The Bertz CT molecular complexity index is 1010. The molecule has 0 saturated heterocycles. The molecule has 0 spiro atoms. The van der Waals surface area contributed by atoms with E-state index in [1.165, 1.54) is 11.1 Å². The highest BCUT2D eigenvalue weighted by molar-refractivity contribution is 5.74. The molecule has 0 fully saturated rings. The van der Waals surface area contributed by atoms with Crippen LogP contribution in [-0.4, -0.2) is 9.97 Å². The maximum absolute atomic E-state index is 4.50. The van der Waals surface area contributed by atoms with E-state index in [4.69, 9.17) is 0 Å². The normalized spacial score (nSPS) is 11.3. The van der Waals surface area contributed by atoms with E-state index in [0.29, 0.717) is 0 Å². The number of rotatable bonds is 5. The standard InChI is InChI=1S/C26H20N2/c1-3-7-21(8-4-1)11-13-23-15-17-27-25(19-23)26-20-24(16-18-28-26)14-12-22-9-5-2-6-10-22/h1-20H/b13-11-,14-12+. The number of nitrogens with zero attached hydrogens (tertiary/aromatic N) is 2. The van der Waals surface area contributed by atoms with Crippen LogP contribution in [0.3, 0.4) is 0 Å². The molecule has 0 aliphatic rings. The van der Waals surface area contributed by atoms with Gasteiger partial charge in [0.25, 0.3) is 0 Å². The average molecular weight is 360 g/mol. The van der Waals surface area contributed by atoms with Gasteiger partial charge < -0.3 is 0 Å². The minimum atomic E-state index is 0.866. The summed E-state index contributed by atoms with van der Waals surface area (Å²) in [7, 11) is 0. The molecule has 0 saturated carbocycles. The van der Waals surface area contributed by atoms with E-state index >= 15 is 0 Å². The lowest BCUT2D eigenvalue weighted by molar-refractivity contribution is 1.24. The highest BCUT2D eigenvalue weighted by atomic mass is 14.8. The van der Waals surface area contributed by atoms with Gasteiger partial charge in [-0.05, 0) is 46.5 Å². The Labute approximate surface area is 165 Å². The van der Waals surface area contributed by atoms with Crippen LogP contribution in [0.1, 0.15) is 22.3 Å². The molecule has 2 aromatic heterocycles. The Hall–Kier alpha value is -3.78. The molecule has 2 heteroatoms. The highest BCUT2D eigenvalue weighted by Gasteiger charge is 2.02. The summed E-state index contributed by atoms with van der Waals surface area (Å²) in [6.45, 7) is 0. The molecule has 2 heterocycles. The number of aromatic nitrogens is 2. The zero-order chi connectivity index (χ0) is 19.0. The van der Waals surface area contributed by atoms with Crippen molar-refractivity contribution in [2.24, 2.45) is 0 Å². The van der Waals surface area contributed by atoms with Gasteiger partial charge in [0.2, 0.25) is 0 Å². The van der Waals surface area contributed by atoms with Crippen molar-refractivity contribution in [1.29, 1.82) is 0 Å². The first-order valence-electron chi connectivity index (χ1n) is 9.26. The SMILES string of the molecule is C(=C/c1ccnc(-c2cc(/C=C/c3ccccc3)ccn2)c1)/c1ccccc1. The molecular formula is C26H20N2. The number of pyridine rings is 2. The molecule has 4 rings (SSSR count). The van der Waals surface area contributed by atoms with Crippen molar-refractivity contribution in [3.8, 4) is 11.4 Å². The maximum atomic E-state index is 4.50. The van der Waals surface area contributed by atoms with Crippen molar-refractivity contribution in [2.75, 3.05) is 0 Å². The third-order valence-corrected chi connectivity index (χ3v) is 4.37. The van der Waals surface area contributed by atoms with Crippen molar-refractivity contribution >= 4 is 24.3 Å². The second kappa shape index (κ2) is 8.74. The molecule has 2 nitrogen and oxygen atoms in total. The van der Waals surface area contributed by atoms with Crippen molar-refractivity contribution in [3.63, 3.8) is 0 Å². The number of benzene rings is 2. The Kier molecular flexibility index (Phi) is 5.50. The summed E-state index contributed by atoms with van der Waals surface area (Å²) in [6, 6.07) is 28.7. The lowest BCUT2D eigenvalue weighted by Crippen LogP contribution is -1.88. The molecule has 0 amide bonds. The van der Waals surface area contributed by atoms with Crippen LogP contribution in [-0.2, 0) is 0 Å². The summed E-state index contributed by atoms with van der Waals surface area (Å²) in [4.78, 5) is 9.01. The second-order valence-corrected chi connectivity index (χ2v) is 6.44. The molecule has 0 N–H and O–H groups in total. The van der Waals surface area contributed by atoms with Gasteiger partial charge in [0.05, 0.1) is 11.4 Å². The summed E-state index contributed by atoms with van der Waals surface area (Å²) in [5.74, 6) is 0. The molecule has 134 valence electrons. The third kappa shape index (κ3) is 4.68. The Balaban J connectivity index is 1.56. The summed E-state index contributed by atoms with van der Waals surface area (Å²) in [5, 5.41) is 0. The van der Waals surface area contributed by atoms with E-state index in [1.807, 2.05) is 60.9 Å². The van der Waals surface area contributed by atoms with Gasteiger partial charge in [-0.2, -0.15) is 0 Å². The average Bonchev–Trinajstić information content (AvgIpc) is 2.78. The van der Waals surface area contributed by atoms with E-state index < -0.39 is 0 Å². The summed E-state index contributed by atoms with van der Waals surface area (Å²) in [6.07, 6.45) is 12.1. The summed E-state index contributed by atoms with van der Waals surface area (Å²) >= 11 is 0. The van der Waals surface area contributed by atoms with Crippen molar-refractivity contribution in [1.82, 2.24) is 9.97 Å². The predicted octanol–water partition coefficient (Wildman–Crippen LogP) is 6.48. The zero-order valence-corrected chi connectivity index (χ0v) is 15.4. The van der Waals surface area contributed by atoms with Crippen LogP contribution in [0.15, 0.2) is 97.3 Å². The molecule has 0 aliphatic carbocycles. The third-order valence-electron chi connectivity index (χ3n) is 4.37. The van der Waals surface area contributed by atoms with E-state index in [2.05, 4.69) is 70.7 Å². The predicted molar refractivity (Wildman–Crippen MR) is 118 cm³/mol. The smallest absolute Gasteiger partial charge is 0.0892 e. The topological polar surface area (TPSA) is 25.8 Å². The summed E-state index contributed by atoms with van der Waals surface area (Å²) < 4.78 is 0. The Morgan fingerprint density at radius 1 is 0.429 bits per heavy atom. The second-order valence-electron chi connectivity index (χ2n) is 6.44. The van der Waals surface area contributed by atoms with Gasteiger partial charge in [-0.15, -0.1) is 0 Å². The van der Waals surface area contributed by atoms with E-state index in [-0.39, 0.29) is 0 Å². The minimum Gasteiger partial charge on any atom is -0.255 e. The first-order valence-corrected chi connectivity index (χ1v) is 9.26.